The van der Waals surface area contributed by atoms with E-state index in [0.717, 1.165) is 5.56 Å². The molecule has 2 N–H and O–H groups in total. The van der Waals surface area contributed by atoms with Crippen LogP contribution < -0.4 is 5.56 Å². The molecule has 0 saturated heterocycles. The van der Waals surface area contributed by atoms with Crippen molar-refractivity contribution in [2.45, 2.75) is 6.42 Å². The highest BCUT2D eigenvalue weighted by molar-refractivity contribution is 7.07. The maximum Gasteiger partial charge on any atom is 0.276 e. The summed E-state index contributed by atoms with van der Waals surface area (Å²) in [6, 6.07) is 2.02. The summed E-state index contributed by atoms with van der Waals surface area (Å²) in [4.78, 5) is 18.7. The van der Waals surface area contributed by atoms with Gasteiger partial charge in [0.25, 0.3) is 5.56 Å². The monoisotopic (exact) mass is 232 g/mol. The van der Waals surface area contributed by atoms with Crippen LogP contribution in [0.25, 0.3) is 11.0 Å². The number of thiophene rings is 1. The van der Waals surface area contributed by atoms with E-state index in [0.29, 0.717) is 23.3 Å². The molecule has 3 heterocycles. The number of nitrogens with one attached hydrogen (secondary N) is 2. The minimum Gasteiger partial charge on any atom is -0.308 e. The fourth-order valence-electron chi connectivity index (χ4n) is 1.57. The molecule has 0 bridgehead atoms. The van der Waals surface area contributed by atoms with Gasteiger partial charge in [0.2, 0.25) is 0 Å². The molecule has 6 heteroatoms. The van der Waals surface area contributed by atoms with Gasteiger partial charge in [-0.1, -0.05) is 0 Å². The van der Waals surface area contributed by atoms with Gasteiger partial charge in [-0.3, -0.25) is 9.89 Å². The van der Waals surface area contributed by atoms with Crippen LogP contribution >= 0.6 is 11.3 Å². The Morgan fingerprint density at radius 3 is 3.19 bits per heavy atom. The van der Waals surface area contributed by atoms with Crippen molar-refractivity contribution in [1.82, 2.24) is 20.2 Å². The maximum absolute atomic E-state index is 11.6. The van der Waals surface area contributed by atoms with Crippen molar-refractivity contribution in [3.05, 3.63) is 44.8 Å². The molecule has 3 aromatic heterocycles. The van der Waals surface area contributed by atoms with E-state index in [-0.39, 0.29) is 5.56 Å². The third-order valence-electron chi connectivity index (χ3n) is 2.31. The molecule has 0 aromatic carbocycles. The third kappa shape index (κ3) is 1.53. The van der Waals surface area contributed by atoms with Gasteiger partial charge in [-0.2, -0.15) is 16.4 Å². The van der Waals surface area contributed by atoms with Crippen LogP contribution in [0.5, 0.6) is 0 Å². The maximum atomic E-state index is 11.6. The average molecular weight is 232 g/mol. The topological polar surface area (TPSA) is 74.4 Å². The molecule has 0 atom stereocenters. The summed E-state index contributed by atoms with van der Waals surface area (Å²) in [6.07, 6.45) is 2.20. The highest BCUT2D eigenvalue weighted by Crippen LogP contribution is 2.10. The summed E-state index contributed by atoms with van der Waals surface area (Å²) in [7, 11) is 0. The molecule has 0 aliphatic carbocycles. The second kappa shape index (κ2) is 3.57. The lowest BCUT2D eigenvalue weighted by Gasteiger charge is -1.97. The van der Waals surface area contributed by atoms with Crippen LogP contribution in [0.1, 0.15) is 11.4 Å². The third-order valence-corrected chi connectivity index (χ3v) is 3.04. The highest BCUT2D eigenvalue weighted by Gasteiger charge is 2.05. The van der Waals surface area contributed by atoms with E-state index in [1.807, 2.05) is 16.8 Å². The van der Waals surface area contributed by atoms with Crippen LogP contribution in [0.3, 0.4) is 0 Å². The Balaban J connectivity index is 2.07. The summed E-state index contributed by atoms with van der Waals surface area (Å²) in [5, 5.41) is 10.5. The number of nitrogens with zero attached hydrogens (tertiary/aromatic N) is 2. The van der Waals surface area contributed by atoms with Crippen molar-refractivity contribution in [2.75, 3.05) is 0 Å². The van der Waals surface area contributed by atoms with E-state index in [4.69, 9.17) is 0 Å². The first-order valence-electron chi connectivity index (χ1n) is 4.76. The molecule has 0 amide bonds. The van der Waals surface area contributed by atoms with E-state index in [1.54, 1.807) is 17.5 Å². The SMILES string of the molecule is O=c1[nH]c(Cc2ccsc2)nc2cn[nH]c12. The molecule has 0 saturated carbocycles. The zero-order valence-corrected chi connectivity index (χ0v) is 9.04. The van der Waals surface area contributed by atoms with Gasteiger partial charge in [-0.05, 0) is 22.4 Å². The number of hydrogen-bond donors (Lipinski definition) is 2. The first kappa shape index (κ1) is 9.29. The summed E-state index contributed by atoms with van der Waals surface area (Å²) >= 11 is 1.63. The molecule has 16 heavy (non-hydrogen) atoms. The van der Waals surface area contributed by atoms with Gasteiger partial charge < -0.3 is 4.98 Å². The van der Waals surface area contributed by atoms with Gasteiger partial charge in [-0.25, -0.2) is 4.98 Å². The smallest absolute Gasteiger partial charge is 0.276 e. The van der Waals surface area contributed by atoms with E-state index < -0.39 is 0 Å². The largest absolute Gasteiger partial charge is 0.308 e. The van der Waals surface area contributed by atoms with Gasteiger partial charge in [0.05, 0.1) is 6.20 Å². The molecular formula is C10H8N4OS. The standard InChI is InChI=1S/C10H8N4OS/c15-10-9-7(4-11-14-9)12-8(13-10)3-6-1-2-16-5-6/h1-2,4-5H,3H2,(H,11,14)(H,12,13,15). The van der Waals surface area contributed by atoms with Crippen molar-refractivity contribution in [2.24, 2.45) is 0 Å². The lowest BCUT2D eigenvalue weighted by atomic mass is 10.2. The van der Waals surface area contributed by atoms with Crippen LogP contribution in [-0.2, 0) is 6.42 Å². The molecule has 0 radical (unpaired) electrons. The Morgan fingerprint density at radius 1 is 1.44 bits per heavy atom. The molecule has 0 aliphatic heterocycles. The number of hydrogen-bond acceptors (Lipinski definition) is 4. The van der Waals surface area contributed by atoms with Crippen LogP contribution in [0, 0.1) is 0 Å². The van der Waals surface area contributed by atoms with Crippen LogP contribution in [-0.4, -0.2) is 20.2 Å². The Bertz CT molecular complexity index is 668. The van der Waals surface area contributed by atoms with E-state index in [2.05, 4.69) is 20.2 Å². The Kier molecular flexibility index (Phi) is 2.07. The number of rotatable bonds is 2. The van der Waals surface area contributed by atoms with Crippen molar-refractivity contribution in [3.63, 3.8) is 0 Å². The molecule has 80 valence electrons. The molecule has 3 aromatic rings. The summed E-state index contributed by atoms with van der Waals surface area (Å²) in [5.74, 6) is 0.664. The first-order valence-corrected chi connectivity index (χ1v) is 5.70. The molecular weight excluding hydrogens is 224 g/mol. The van der Waals surface area contributed by atoms with Crippen molar-refractivity contribution in [1.29, 1.82) is 0 Å². The van der Waals surface area contributed by atoms with Gasteiger partial charge in [0.1, 0.15) is 16.9 Å². The molecule has 0 spiro atoms. The second-order valence-corrected chi connectivity index (χ2v) is 4.23. The fraction of sp³-hybridized carbons (Fsp3) is 0.100. The molecule has 0 aliphatic rings. The Morgan fingerprint density at radius 2 is 2.38 bits per heavy atom. The van der Waals surface area contributed by atoms with E-state index in [9.17, 15) is 4.79 Å². The Labute approximate surface area is 94.2 Å². The number of aromatic nitrogens is 4. The molecule has 5 nitrogen and oxygen atoms in total. The fourth-order valence-corrected chi connectivity index (χ4v) is 2.24. The normalized spacial score (nSPS) is 11.0. The van der Waals surface area contributed by atoms with E-state index in [1.165, 1.54) is 0 Å². The van der Waals surface area contributed by atoms with E-state index >= 15 is 0 Å². The van der Waals surface area contributed by atoms with Gasteiger partial charge in [0, 0.05) is 6.42 Å². The minimum atomic E-state index is -0.173. The lowest BCUT2D eigenvalue weighted by Crippen LogP contribution is -2.11. The van der Waals surface area contributed by atoms with Crippen molar-refractivity contribution >= 4 is 22.4 Å². The molecule has 0 unspecified atom stereocenters. The predicted molar refractivity (Wildman–Crippen MR) is 61.6 cm³/mol. The van der Waals surface area contributed by atoms with Crippen LogP contribution in [0.2, 0.25) is 0 Å². The second-order valence-electron chi connectivity index (χ2n) is 3.45. The number of aromatic amines is 2. The summed E-state index contributed by atoms with van der Waals surface area (Å²) in [5.41, 5.74) is 2.01. The zero-order chi connectivity index (χ0) is 11.0. The zero-order valence-electron chi connectivity index (χ0n) is 8.23. The molecule has 3 rings (SSSR count). The van der Waals surface area contributed by atoms with Gasteiger partial charge in [-0.15, -0.1) is 0 Å². The lowest BCUT2D eigenvalue weighted by molar-refractivity contribution is 0.974. The molecule has 0 fully saturated rings. The van der Waals surface area contributed by atoms with Crippen LogP contribution in [0.4, 0.5) is 0 Å². The Hall–Kier alpha value is -1.95. The first-order chi connectivity index (χ1) is 7.83. The predicted octanol–water partition coefficient (Wildman–Crippen LogP) is 1.30. The quantitative estimate of drug-likeness (QED) is 0.699. The van der Waals surface area contributed by atoms with Gasteiger partial charge >= 0.3 is 0 Å². The number of H-pyrrole nitrogens is 2. The van der Waals surface area contributed by atoms with Crippen molar-refractivity contribution in [3.8, 4) is 0 Å². The summed E-state index contributed by atoms with van der Waals surface area (Å²) < 4.78 is 0. The minimum absolute atomic E-state index is 0.173. The van der Waals surface area contributed by atoms with Crippen LogP contribution in [0.15, 0.2) is 27.8 Å². The highest BCUT2D eigenvalue weighted by atomic mass is 32.1. The summed E-state index contributed by atoms with van der Waals surface area (Å²) in [6.45, 7) is 0. The van der Waals surface area contributed by atoms with Crippen molar-refractivity contribution < 1.29 is 0 Å². The van der Waals surface area contributed by atoms with Gasteiger partial charge in [0.15, 0.2) is 0 Å². The number of fused-ring (bicyclic) bond motifs is 1. The average Bonchev–Trinajstić information content (AvgIpc) is 2.87.